The first kappa shape index (κ1) is 11.7. The second kappa shape index (κ2) is 4.44. The van der Waals surface area contributed by atoms with E-state index in [-0.39, 0.29) is 15.7 Å². The lowest BCUT2D eigenvalue weighted by molar-refractivity contribution is 0.0692. The van der Waals surface area contributed by atoms with Crippen molar-refractivity contribution >= 4 is 23.3 Å². The summed E-state index contributed by atoms with van der Waals surface area (Å²) in [5.74, 6) is -2.06. The number of hydrogen-bond donors (Lipinski definition) is 2. The molecule has 0 aliphatic heterocycles. The van der Waals surface area contributed by atoms with E-state index in [0.717, 1.165) is 17.8 Å². The van der Waals surface area contributed by atoms with Crippen molar-refractivity contribution in [2.75, 3.05) is 0 Å². The molecule has 82 valence electrons. The molecule has 1 aromatic heterocycles. The van der Waals surface area contributed by atoms with E-state index in [4.69, 9.17) is 10.2 Å². The summed E-state index contributed by atoms with van der Waals surface area (Å²) in [6.07, 6.45) is 0.788. The fraction of sp³-hybridized carbons (Fsp3) is 0.400. The van der Waals surface area contributed by atoms with Gasteiger partial charge in [-0.1, -0.05) is 13.8 Å². The summed E-state index contributed by atoms with van der Waals surface area (Å²) in [6, 6.07) is 1.46. The van der Waals surface area contributed by atoms with E-state index < -0.39 is 11.9 Å². The molecule has 0 spiro atoms. The molecular formula is C10H12O4S. The minimum absolute atomic E-state index is 0.0699. The predicted molar refractivity (Wildman–Crippen MR) is 56.9 cm³/mol. The van der Waals surface area contributed by atoms with E-state index in [1.54, 1.807) is 0 Å². The highest BCUT2D eigenvalue weighted by atomic mass is 32.1. The minimum atomic E-state index is -1.07. The van der Waals surface area contributed by atoms with E-state index in [9.17, 15) is 9.59 Å². The van der Waals surface area contributed by atoms with Gasteiger partial charge in [0.2, 0.25) is 0 Å². The van der Waals surface area contributed by atoms with Crippen LogP contribution in [-0.4, -0.2) is 22.2 Å². The van der Waals surface area contributed by atoms with Crippen LogP contribution in [0.3, 0.4) is 0 Å². The number of rotatable bonds is 4. The Kier molecular flexibility index (Phi) is 3.47. The molecule has 0 aliphatic rings. The van der Waals surface area contributed by atoms with Crippen molar-refractivity contribution in [1.82, 2.24) is 0 Å². The van der Waals surface area contributed by atoms with Gasteiger partial charge in [0.05, 0.1) is 0 Å². The zero-order chi connectivity index (χ0) is 11.6. The van der Waals surface area contributed by atoms with E-state index in [1.807, 2.05) is 13.8 Å². The molecule has 0 fully saturated rings. The van der Waals surface area contributed by atoms with Crippen molar-refractivity contribution in [3.63, 3.8) is 0 Å². The molecule has 1 heterocycles. The van der Waals surface area contributed by atoms with Gasteiger partial charge in [0.25, 0.3) is 0 Å². The number of carbonyl (C=O) groups is 2. The van der Waals surface area contributed by atoms with Crippen molar-refractivity contribution in [2.45, 2.75) is 26.2 Å². The van der Waals surface area contributed by atoms with Gasteiger partial charge in [-0.05, 0) is 24.0 Å². The largest absolute Gasteiger partial charge is 0.477 e. The van der Waals surface area contributed by atoms with Gasteiger partial charge in [0.15, 0.2) is 0 Å². The lowest BCUT2D eigenvalue weighted by atomic mass is 9.99. The van der Waals surface area contributed by atoms with Gasteiger partial charge in [-0.15, -0.1) is 11.3 Å². The molecule has 0 amide bonds. The normalized spacial score (nSPS) is 12.4. The molecule has 0 saturated heterocycles. The highest BCUT2D eigenvalue weighted by molar-refractivity contribution is 7.16. The zero-order valence-electron chi connectivity index (χ0n) is 8.48. The van der Waals surface area contributed by atoms with Gasteiger partial charge in [-0.25, -0.2) is 9.59 Å². The first-order chi connectivity index (χ1) is 6.97. The van der Waals surface area contributed by atoms with Crippen LogP contribution in [0.15, 0.2) is 6.07 Å². The van der Waals surface area contributed by atoms with Crippen molar-refractivity contribution in [1.29, 1.82) is 0 Å². The van der Waals surface area contributed by atoms with Crippen molar-refractivity contribution in [3.05, 3.63) is 21.4 Å². The Balaban J connectivity index is 3.23. The van der Waals surface area contributed by atoms with E-state index in [1.165, 1.54) is 6.07 Å². The van der Waals surface area contributed by atoms with Crippen molar-refractivity contribution in [2.24, 2.45) is 0 Å². The molecule has 1 atom stereocenters. The summed E-state index contributed by atoms with van der Waals surface area (Å²) in [5.41, 5.74) is 0.618. The molecular weight excluding hydrogens is 216 g/mol. The Bertz CT molecular complexity index is 394. The Hall–Kier alpha value is -1.36. The monoisotopic (exact) mass is 228 g/mol. The highest BCUT2D eigenvalue weighted by Crippen LogP contribution is 2.30. The Morgan fingerprint density at radius 3 is 2.40 bits per heavy atom. The molecule has 1 aromatic rings. The van der Waals surface area contributed by atoms with Crippen LogP contribution in [0.25, 0.3) is 0 Å². The maximum atomic E-state index is 10.9. The van der Waals surface area contributed by atoms with Crippen LogP contribution in [0.4, 0.5) is 0 Å². The zero-order valence-corrected chi connectivity index (χ0v) is 9.30. The Morgan fingerprint density at radius 2 is 2.00 bits per heavy atom. The molecule has 0 radical (unpaired) electrons. The number of carboxylic acids is 2. The second-order valence-corrected chi connectivity index (χ2v) is 4.37. The van der Waals surface area contributed by atoms with Gasteiger partial charge in [-0.3, -0.25) is 0 Å². The van der Waals surface area contributed by atoms with Gasteiger partial charge in [0.1, 0.15) is 9.75 Å². The first-order valence-corrected chi connectivity index (χ1v) is 5.39. The molecule has 15 heavy (non-hydrogen) atoms. The minimum Gasteiger partial charge on any atom is -0.477 e. The third-order valence-electron chi connectivity index (χ3n) is 2.31. The van der Waals surface area contributed by atoms with Gasteiger partial charge < -0.3 is 10.2 Å². The van der Waals surface area contributed by atoms with Gasteiger partial charge in [-0.2, -0.15) is 0 Å². The summed E-state index contributed by atoms with van der Waals surface area (Å²) in [5, 5.41) is 17.7. The summed E-state index contributed by atoms with van der Waals surface area (Å²) in [4.78, 5) is 21.8. The number of carboxylic acid groups (broad SMARTS) is 2. The standard InChI is InChI=1S/C10H12O4S/c1-3-5(2)6-4-7(9(11)12)15-8(6)10(13)14/h4-5H,3H2,1-2H3,(H,11,12)(H,13,14). The fourth-order valence-corrected chi connectivity index (χ4v) is 2.22. The van der Waals surface area contributed by atoms with Crippen LogP contribution in [0.1, 0.15) is 51.1 Å². The quantitative estimate of drug-likeness (QED) is 0.830. The van der Waals surface area contributed by atoms with Crippen LogP contribution in [-0.2, 0) is 0 Å². The molecule has 4 nitrogen and oxygen atoms in total. The molecule has 2 N–H and O–H groups in total. The maximum Gasteiger partial charge on any atom is 0.346 e. The smallest absolute Gasteiger partial charge is 0.346 e. The highest BCUT2D eigenvalue weighted by Gasteiger charge is 2.21. The van der Waals surface area contributed by atoms with Crippen LogP contribution < -0.4 is 0 Å². The molecule has 0 saturated carbocycles. The van der Waals surface area contributed by atoms with Crippen LogP contribution in [0.5, 0.6) is 0 Å². The molecule has 5 heteroatoms. The number of thiophene rings is 1. The Labute approximate surface area is 91.2 Å². The van der Waals surface area contributed by atoms with Crippen LogP contribution >= 0.6 is 11.3 Å². The van der Waals surface area contributed by atoms with Crippen molar-refractivity contribution < 1.29 is 19.8 Å². The van der Waals surface area contributed by atoms with E-state index in [0.29, 0.717) is 5.56 Å². The topological polar surface area (TPSA) is 74.6 Å². The van der Waals surface area contributed by atoms with E-state index in [2.05, 4.69) is 0 Å². The first-order valence-electron chi connectivity index (χ1n) is 4.57. The number of aromatic carboxylic acids is 2. The lowest BCUT2D eigenvalue weighted by Gasteiger charge is -2.06. The third-order valence-corrected chi connectivity index (χ3v) is 3.44. The van der Waals surface area contributed by atoms with Crippen LogP contribution in [0.2, 0.25) is 0 Å². The fourth-order valence-electron chi connectivity index (χ4n) is 1.26. The van der Waals surface area contributed by atoms with Gasteiger partial charge >= 0.3 is 11.9 Å². The maximum absolute atomic E-state index is 10.9. The molecule has 0 aromatic carbocycles. The van der Waals surface area contributed by atoms with Gasteiger partial charge in [0, 0.05) is 0 Å². The molecule has 0 aliphatic carbocycles. The van der Waals surface area contributed by atoms with Crippen LogP contribution in [0, 0.1) is 0 Å². The predicted octanol–water partition coefficient (Wildman–Crippen LogP) is 2.66. The van der Waals surface area contributed by atoms with Crippen molar-refractivity contribution in [3.8, 4) is 0 Å². The average molecular weight is 228 g/mol. The average Bonchev–Trinajstić information content (AvgIpc) is 2.61. The molecule has 1 rings (SSSR count). The Morgan fingerprint density at radius 1 is 1.40 bits per heavy atom. The SMILES string of the molecule is CCC(C)c1cc(C(=O)O)sc1C(=O)O. The lowest BCUT2D eigenvalue weighted by Crippen LogP contribution is -2.00. The second-order valence-electron chi connectivity index (χ2n) is 3.31. The third kappa shape index (κ3) is 2.36. The summed E-state index contributed by atoms with van der Waals surface area (Å²) < 4.78 is 0. The summed E-state index contributed by atoms with van der Waals surface area (Å²) in [7, 11) is 0. The van der Waals surface area contributed by atoms with E-state index >= 15 is 0 Å². The number of hydrogen-bond acceptors (Lipinski definition) is 3. The molecule has 1 unspecified atom stereocenters. The molecule has 0 bridgehead atoms. The summed E-state index contributed by atoms with van der Waals surface area (Å²) >= 11 is 0.820. The summed E-state index contributed by atoms with van der Waals surface area (Å²) in [6.45, 7) is 3.83.